The van der Waals surface area contributed by atoms with Crippen LogP contribution in [0.1, 0.15) is 6.42 Å². The minimum atomic E-state index is 0.00917. The Balaban J connectivity index is 1.64. The van der Waals surface area contributed by atoms with Crippen LogP contribution in [-0.2, 0) is 0 Å². The molecule has 3 rings (SSSR count). The van der Waals surface area contributed by atoms with E-state index in [1.54, 1.807) is 25.7 Å². The van der Waals surface area contributed by atoms with Crippen LogP contribution in [0.15, 0.2) is 29.1 Å². The fourth-order valence-electron chi connectivity index (χ4n) is 2.28. The van der Waals surface area contributed by atoms with Crippen molar-refractivity contribution in [3.8, 4) is 11.8 Å². The first-order chi connectivity index (χ1) is 10.7. The summed E-state index contributed by atoms with van der Waals surface area (Å²) in [6, 6.07) is 2.19. The number of hydrogen-bond donors (Lipinski definition) is 0. The molecule has 1 unspecified atom stereocenters. The van der Waals surface area contributed by atoms with Crippen LogP contribution >= 0.6 is 27.5 Å². The third-order valence-corrected chi connectivity index (χ3v) is 4.06. The van der Waals surface area contributed by atoms with E-state index in [-0.39, 0.29) is 6.10 Å². The van der Waals surface area contributed by atoms with Crippen LogP contribution < -0.4 is 14.4 Å². The van der Waals surface area contributed by atoms with Gasteiger partial charge in [-0.25, -0.2) is 4.98 Å². The molecule has 116 valence electrons. The van der Waals surface area contributed by atoms with Gasteiger partial charge in [-0.1, -0.05) is 11.6 Å². The number of nitrogens with zero attached hydrogens (tertiary/aromatic N) is 4. The standard InChI is InChI=1S/C14H14BrClN4O2/c1-21-11-6-18-14(19-7-11)22-10-2-3-20(8-10)13-12(16)4-9(15)5-17-13/h4-7,10H,2-3,8H2,1H3. The number of hydrogen-bond acceptors (Lipinski definition) is 6. The largest absolute Gasteiger partial charge is 0.494 e. The van der Waals surface area contributed by atoms with Crippen LogP contribution in [0.4, 0.5) is 5.82 Å². The number of ether oxygens (including phenoxy) is 2. The zero-order valence-electron chi connectivity index (χ0n) is 11.9. The van der Waals surface area contributed by atoms with Crippen LogP contribution in [0, 0.1) is 0 Å². The summed E-state index contributed by atoms with van der Waals surface area (Å²) in [5.74, 6) is 1.37. The van der Waals surface area contributed by atoms with E-state index in [2.05, 4.69) is 35.8 Å². The smallest absolute Gasteiger partial charge is 0.316 e. The lowest BCUT2D eigenvalue weighted by Crippen LogP contribution is -2.25. The maximum absolute atomic E-state index is 6.24. The van der Waals surface area contributed by atoms with Crippen LogP contribution in [0.2, 0.25) is 5.02 Å². The lowest BCUT2D eigenvalue weighted by atomic mass is 10.3. The average Bonchev–Trinajstić information content (AvgIpc) is 2.96. The molecule has 2 aromatic rings. The Morgan fingerprint density at radius 3 is 2.73 bits per heavy atom. The minimum Gasteiger partial charge on any atom is -0.494 e. The Hall–Kier alpha value is -1.60. The maximum Gasteiger partial charge on any atom is 0.316 e. The van der Waals surface area contributed by atoms with Gasteiger partial charge >= 0.3 is 6.01 Å². The number of anilines is 1. The first kappa shape index (κ1) is 15.3. The summed E-state index contributed by atoms with van der Waals surface area (Å²) in [6.07, 6.45) is 5.78. The predicted molar refractivity (Wildman–Crippen MR) is 86.8 cm³/mol. The topological polar surface area (TPSA) is 60.4 Å². The highest BCUT2D eigenvalue weighted by Gasteiger charge is 2.27. The molecule has 22 heavy (non-hydrogen) atoms. The number of aromatic nitrogens is 3. The average molecular weight is 386 g/mol. The molecule has 1 fully saturated rings. The van der Waals surface area contributed by atoms with Gasteiger partial charge in [-0.3, -0.25) is 0 Å². The Morgan fingerprint density at radius 1 is 1.27 bits per heavy atom. The molecule has 3 heterocycles. The number of halogens is 2. The Morgan fingerprint density at radius 2 is 2.05 bits per heavy atom. The second-order valence-corrected chi connectivity index (χ2v) is 6.16. The van der Waals surface area contributed by atoms with Gasteiger partial charge in [-0.15, -0.1) is 0 Å². The molecule has 1 aliphatic rings. The summed E-state index contributed by atoms with van der Waals surface area (Å²) in [5, 5.41) is 0.621. The van der Waals surface area contributed by atoms with Crippen molar-refractivity contribution in [3.05, 3.63) is 34.2 Å². The third-order valence-electron chi connectivity index (χ3n) is 3.35. The maximum atomic E-state index is 6.24. The fourth-order valence-corrected chi connectivity index (χ4v) is 3.03. The highest BCUT2D eigenvalue weighted by Crippen LogP contribution is 2.29. The highest BCUT2D eigenvalue weighted by molar-refractivity contribution is 9.10. The number of rotatable bonds is 4. The number of pyridine rings is 1. The molecule has 0 saturated carbocycles. The van der Waals surface area contributed by atoms with Gasteiger partial charge in [0.2, 0.25) is 0 Å². The van der Waals surface area contributed by atoms with Crippen molar-refractivity contribution in [2.45, 2.75) is 12.5 Å². The van der Waals surface area contributed by atoms with Gasteiger partial charge in [0.15, 0.2) is 5.75 Å². The van der Waals surface area contributed by atoms with Crippen molar-refractivity contribution in [3.63, 3.8) is 0 Å². The minimum absolute atomic E-state index is 0.00917. The lowest BCUT2D eigenvalue weighted by molar-refractivity contribution is 0.205. The normalized spacial score (nSPS) is 17.6. The quantitative estimate of drug-likeness (QED) is 0.806. The van der Waals surface area contributed by atoms with Crippen molar-refractivity contribution in [2.75, 3.05) is 25.1 Å². The lowest BCUT2D eigenvalue weighted by Gasteiger charge is -2.18. The number of methoxy groups -OCH3 is 1. The van der Waals surface area contributed by atoms with Gasteiger partial charge in [-0.2, -0.15) is 9.97 Å². The van der Waals surface area contributed by atoms with Crippen molar-refractivity contribution in [2.24, 2.45) is 0 Å². The zero-order valence-corrected chi connectivity index (χ0v) is 14.2. The van der Waals surface area contributed by atoms with Gasteiger partial charge in [0.05, 0.1) is 31.1 Å². The molecule has 0 aliphatic carbocycles. The third kappa shape index (κ3) is 3.41. The SMILES string of the molecule is COc1cnc(OC2CCN(c3ncc(Br)cc3Cl)C2)nc1. The monoisotopic (exact) mass is 384 g/mol. The van der Waals surface area contributed by atoms with Crippen LogP contribution in [0.25, 0.3) is 0 Å². The molecule has 2 aromatic heterocycles. The van der Waals surface area contributed by atoms with Crippen LogP contribution in [-0.4, -0.2) is 41.3 Å². The highest BCUT2D eigenvalue weighted by atomic mass is 79.9. The summed E-state index contributed by atoms with van der Waals surface area (Å²) >= 11 is 9.59. The molecule has 1 saturated heterocycles. The van der Waals surface area contributed by atoms with E-state index < -0.39 is 0 Å². The Bertz CT molecular complexity index is 656. The molecule has 0 aromatic carbocycles. The first-order valence-corrected chi connectivity index (χ1v) is 7.91. The molecule has 1 atom stereocenters. The molecular weight excluding hydrogens is 372 g/mol. The molecule has 0 radical (unpaired) electrons. The summed E-state index contributed by atoms with van der Waals surface area (Å²) < 4.78 is 11.7. The first-order valence-electron chi connectivity index (χ1n) is 6.74. The Labute approximate surface area is 141 Å². The van der Waals surface area contributed by atoms with Gasteiger partial charge in [0, 0.05) is 23.6 Å². The van der Waals surface area contributed by atoms with Crippen molar-refractivity contribution < 1.29 is 9.47 Å². The predicted octanol–water partition coefficient (Wildman–Crippen LogP) is 2.95. The van der Waals surface area contributed by atoms with E-state index in [0.717, 1.165) is 23.3 Å². The van der Waals surface area contributed by atoms with Crippen LogP contribution in [0.5, 0.6) is 11.8 Å². The molecule has 8 heteroatoms. The summed E-state index contributed by atoms with van der Waals surface area (Å²) in [7, 11) is 1.57. The van der Waals surface area contributed by atoms with Crippen molar-refractivity contribution >= 4 is 33.3 Å². The van der Waals surface area contributed by atoms with Gasteiger partial charge in [-0.05, 0) is 22.0 Å². The van der Waals surface area contributed by atoms with E-state index >= 15 is 0 Å². The van der Waals surface area contributed by atoms with Gasteiger partial charge < -0.3 is 14.4 Å². The second kappa shape index (κ2) is 6.66. The van der Waals surface area contributed by atoms with E-state index in [1.165, 1.54) is 0 Å². The molecule has 6 nitrogen and oxygen atoms in total. The van der Waals surface area contributed by atoms with Gasteiger partial charge in [0.25, 0.3) is 0 Å². The second-order valence-electron chi connectivity index (χ2n) is 4.84. The molecule has 0 spiro atoms. The van der Waals surface area contributed by atoms with E-state index in [4.69, 9.17) is 21.1 Å². The van der Waals surface area contributed by atoms with Crippen molar-refractivity contribution in [1.29, 1.82) is 0 Å². The summed E-state index contributed by atoms with van der Waals surface area (Å²) in [6.45, 7) is 1.53. The molecule has 0 bridgehead atoms. The molecule has 0 N–H and O–H groups in total. The van der Waals surface area contributed by atoms with Crippen molar-refractivity contribution in [1.82, 2.24) is 15.0 Å². The molecule has 0 amide bonds. The van der Waals surface area contributed by atoms with Crippen LogP contribution in [0.3, 0.4) is 0 Å². The fraction of sp³-hybridized carbons (Fsp3) is 0.357. The molecule has 1 aliphatic heterocycles. The molecular formula is C14H14BrClN4O2. The van der Waals surface area contributed by atoms with E-state index in [1.807, 2.05) is 6.07 Å². The summed E-state index contributed by atoms with van der Waals surface area (Å²) in [4.78, 5) is 14.7. The zero-order chi connectivity index (χ0) is 15.5. The van der Waals surface area contributed by atoms with Gasteiger partial charge in [0.1, 0.15) is 11.9 Å². The Kier molecular flexibility index (Phi) is 4.63. The van der Waals surface area contributed by atoms with E-state index in [0.29, 0.717) is 23.3 Å². The van der Waals surface area contributed by atoms with E-state index in [9.17, 15) is 0 Å². The summed E-state index contributed by atoms with van der Waals surface area (Å²) in [5.41, 5.74) is 0.